The monoisotopic (exact) mass is 472 g/mol. The van der Waals surface area contributed by atoms with Crippen LogP contribution in [0.15, 0.2) is 59.1 Å². The van der Waals surface area contributed by atoms with Crippen molar-refractivity contribution < 1.29 is 27.4 Å². The molecule has 1 amide bonds. The molecule has 0 radical (unpaired) electrons. The number of amides is 1. The molecule has 2 aliphatic heterocycles. The lowest BCUT2D eigenvalue weighted by atomic mass is 9.71. The van der Waals surface area contributed by atoms with Crippen molar-refractivity contribution in [3.63, 3.8) is 0 Å². The number of alkyl halides is 3. The number of rotatable bonds is 3. The van der Waals surface area contributed by atoms with Gasteiger partial charge in [0.1, 0.15) is 11.6 Å². The Bertz CT molecular complexity index is 1290. The summed E-state index contributed by atoms with van der Waals surface area (Å²) in [7, 11) is 1.47. The van der Waals surface area contributed by atoms with E-state index in [9.17, 15) is 28.1 Å². The van der Waals surface area contributed by atoms with Crippen LogP contribution >= 0.6 is 0 Å². The number of hydrogen-bond acceptors (Lipinski definition) is 6. The van der Waals surface area contributed by atoms with Crippen LogP contribution in [0.4, 0.5) is 24.5 Å². The molecule has 3 aromatic rings. The van der Waals surface area contributed by atoms with E-state index in [2.05, 4.69) is 10.5 Å². The average molecular weight is 472 g/mol. The molecule has 0 aliphatic carbocycles. The zero-order valence-corrected chi connectivity index (χ0v) is 18.0. The van der Waals surface area contributed by atoms with Gasteiger partial charge in [0.2, 0.25) is 5.76 Å². The molecule has 0 unspecified atom stereocenters. The van der Waals surface area contributed by atoms with E-state index in [0.717, 1.165) is 0 Å². The second-order valence-electron chi connectivity index (χ2n) is 8.51. The summed E-state index contributed by atoms with van der Waals surface area (Å²) < 4.78 is 48.9. The van der Waals surface area contributed by atoms with Crippen molar-refractivity contribution in [2.24, 2.45) is 0 Å². The first kappa shape index (κ1) is 22.1. The highest BCUT2D eigenvalue weighted by atomic mass is 19.4. The number of halogens is 3. The van der Waals surface area contributed by atoms with Crippen LogP contribution in [0, 0.1) is 17.0 Å². The molecule has 0 saturated carbocycles. The van der Waals surface area contributed by atoms with Gasteiger partial charge in [-0.15, -0.1) is 0 Å². The highest BCUT2D eigenvalue weighted by molar-refractivity contribution is 6.08. The number of aromatic nitrogens is 1. The molecule has 0 bridgehead atoms. The third kappa shape index (κ3) is 2.89. The molecule has 1 fully saturated rings. The molecular formula is C23H19F3N4O4. The van der Waals surface area contributed by atoms with Crippen LogP contribution in [0.25, 0.3) is 0 Å². The van der Waals surface area contributed by atoms with Crippen molar-refractivity contribution in [1.82, 2.24) is 10.5 Å². The molecule has 176 valence electrons. The maximum absolute atomic E-state index is 14.5. The smallest absolute Gasteiger partial charge is 0.353 e. The number of carbonyl (C=O) groups is 1. The van der Waals surface area contributed by atoms with Crippen LogP contribution in [-0.2, 0) is 10.3 Å². The van der Waals surface area contributed by atoms with E-state index in [1.807, 2.05) is 0 Å². The lowest BCUT2D eigenvalue weighted by Gasteiger charge is -2.30. The quantitative estimate of drug-likeness (QED) is 0.454. The summed E-state index contributed by atoms with van der Waals surface area (Å²) in [5.41, 5.74) is -1.59. The molecule has 1 saturated heterocycles. The summed E-state index contributed by atoms with van der Waals surface area (Å²) >= 11 is 0. The van der Waals surface area contributed by atoms with E-state index in [0.29, 0.717) is 11.3 Å². The summed E-state index contributed by atoms with van der Waals surface area (Å²) in [6, 6.07) is 12.1. The Hall–Kier alpha value is -3.73. The molecule has 1 N–H and O–H groups in total. The minimum absolute atomic E-state index is 0.0792. The van der Waals surface area contributed by atoms with Crippen molar-refractivity contribution in [1.29, 1.82) is 0 Å². The van der Waals surface area contributed by atoms with Crippen molar-refractivity contribution in [3.05, 3.63) is 87.3 Å². The summed E-state index contributed by atoms with van der Waals surface area (Å²) in [4.78, 5) is 26.3. The van der Waals surface area contributed by atoms with E-state index in [4.69, 9.17) is 4.52 Å². The van der Waals surface area contributed by atoms with Gasteiger partial charge in [0.15, 0.2) is 5.69 Å². The maximum atomic E-state index is 14.5. The van der Waals surface area contributed by atoms with E-state index < -0.39 is 46.1 Å². The Labute approximate surface area is 191 Å². The van der Waals surface area contributed by atoms with Gasteiger partial charge in [0.25, 0.3) is 5.91 Å². The standard InChI is InChI=1S/C23H19F3N4O4/c1-12-18(30(32)33)19(34-28-12)17-16(13-8-4-3-5-9-13)20(23(24,25)26)27-22(17)14-10-6-7-11-15(14)29(2)21(22)31/h3-11,16-17,20,27H,1-2H3/t16-,17+,20-,22-/m1/s1. The number of aryl methyl sites for hydroxylation is 1. The van der Waals surface area contributed by atoms with Gasteiger partial charge in [-0.2, -0.15) is 13.2 Å². The Morgan fingerprint density at radius 2 is 1.79 bits per heavy atom. The van der Waals surface area contributed by atoms with Gasteiger partial charge in [-0.1, -0.05) is 53.7 Å². The zero-order valence-electron chi connectivity index (χ0n) is 18.0. The van der Waals surface area contributed by atoms with Crippen LogP contribution < -0.4 is 10.2 Å². The minimum Gasteiger partial charge on any atom is -0.353 e. The first-order valence-corrected chi connectivity index (χ1v) is 10.5. The fourth-order valence-electron chi connectivity index (χ4n) is 5.43. The molecule has 4 atom stereocenters. The number of nitro groups is 1. The number of anilines is 1. The number of nitrogens with one attached hydrogen (secondary N) is 1. The number of hydrogen-bond donors (Lipinski definition) is 1. The van der Waals surface area contributed by atoms with Gasteiger partial charge in [-0.05, 0) is 18.6 Å². The van der Waals surface area contributed by atoms with E-state index in [1.165, 1.54) is 31.0 Å². The molecule has 1 aromatic heterocycles. The number of nitrogens with zero attached hydrogens (tertiary/aromatic N) is 3. The lowest BCUT2D eigenvalue weighted by Crippen LogP contribution is -2.53. The van der Waals surface area contributed by atoms with Crippen LogP contribution in [0.5, 0.6) is 0 Å². The molecule has 2 aromatic carbocycles. The number of likely N-dealkylation sites (N-methyl/N-ethyl adjacent to an activating group) is 1. The summed E-state index contributed by atoms with van der Waals surface area (Å²) in [5, 5.41) is 18.2. The Balaban J connectivity index is 1.87. The van der Waals surface area contributed by atoms with Gasteiger partial charge in [0.05, 0.1) is 10.8 Å². The minimum atomic E-state index is -4.78. The van der Waals surface area contributed by atoms with Gasteiger partial charge in [-0.25, -0.2) is 0 Å². The lowest BCUT2D eigenvalue weighted by molar-refractivity contribution is -0.386. The molecule has 2 aliphatic rings. The van der Waals surface area contributed by atoms with Gasteiger partial charge in [-0.3, -0.25) is 20.2 Å². The van der Waals surface area contributed by atoms with Crippen LogP contribution in [0.2, 0.25) is 0 Å². The first-order valence-electron chi connectivity index (χ1n) is 10.5. The number of carbonyl (C=O) groups excluding carboxylic acids is 1. The number of para-hydroxylation sites is 1. The van der Waals surface area contributed by atoms with Crippen molar-refractivity contribution in [3.8, 4) is 0 Å². The number of benzene rings is 2. The largest absolute Gasteiger partial charge is 0.404 e. The summed E-state index contributed by atoms with van der Waals surface area (Å²) in [6.45, 7) is 1.34. The molecule has 5 rings (SSSR count). The van der Waals surface area contributed by atoms with Gasteiger partial charge in [0, 0.05) is 24.2 Å². The number of fused-ring (bicyclic) bond motifs is 2. The second kappa shape index (κ2) is 7.39. The second-order valence-corrected chi connectivity index (χ2v) is 8.51. The SMILES string of the molecule is Cc1noc([C@@H]2[C@@H](c3ccccc3)[C@H](C(F)(F)F)N[C@@]23C(=O)N(C)c2ccccc23)c1[N+](=O)[O-]. The molecule has 8 nitrogen and oxygen atoms in total. The van der Waals surface area contributed by atoms with E-state index in [-0.39, 0.29) is 17.0 Å². The molecular weight excluding hydrogens is 453 g/mol. The van der Waals surface area contributed by atoms with Gasteiger partial charge < -0.3 is 9.42 Å². The highest BCUT2D eigenvalue weighted by Gasteiger charge is 2.70. The molecule has 1 spiro atoms. The molecule has 11 heteroatoms. The third-order valence-electron chi connectivity index (χ3n) is 6.76. The average Bonchev–Trinajstić information content (AvgIpc) is 3.42. The molecule has 34 heavy (non-hydrogen) atoms. The highest BCUT2D eigenvalue weighted by Crippen LogP contribution is 2.61. The van der Waals surface area contributed by atoms with Crippen molar-refractivity contribution in [2.75, 3.05) is 11.9 Å². The Morgan fingerprint density at radius 1 is 1.15 bits per heavy atom. The predicted molar refractivity (Wildman–Crippen MR) is 114 cm³/mol. The first-order chi connectivity index (χ1) is 16.1. The Morgan fingerprint density at radius 3 is 2.44 bits per heavy atom. The summed E-state index contributed by atoms with van der Waals surface area (Å²) in [5.74, 6) is -3.83. The zero-order chi connectivity index (χ0) is 24.4. The van der Waals surface area contributed by atoms with Crippen LogP contribution in [0.3, 0.4) is 0 Å². The normalized spacial score (nSPS) is 26.3. The predicted octanol–water partition coefficient (Wildman–Crippen LogP) is 4.16. The van der Waals surface area contributed by atoms with Crippen molar-refractivity contribution in [2.45, 2.75) is 36.5 Å². The van der Waals surface area contributed by atoms with Crippen LogP contribution in [-0.4, -0.2) is 35.3 Å². The Kier molecular flexibility index (Phi) is 4.80. The topological polar surface area (TPSA) is 102 Å². The fourth-order valence-corrected chi connectivity index (χ4v) is 5.43. The van der Waals surface area contributed by atoms with Crippen molar-refractivity contribution >= 4 is 17.3 Å². The third-order valence-corrected chi connectivity index (χ3v) is 6.76. The van der Waals surface area contributed by atoms with Gasteiger partial charge >= 0.3 is 11.9 Å². The molecule has 3 heterocycles. The maximum Gasteiger partial charge on any atom is 0.404 e. The van der Waals surface area contributed by atoms with Crippen LogP contribution in [0.1, 0.15) is 34.4 Å². The van der Waals surface area contributed by atoms with E-state index >= 15 is 0 Å². The summed E-state index contributed by atoms with van der Waals surface area (Å²) in [6.07, 6.45) is -4.78. The van der Waals surface area contributed by atoms with E-state index in [1.54, 1.807) is 42.5 Å². The fraction of sp³-hybridized carbons (Fsp3) is 0.304.